The number of amides is 1. The van der Waals surface area contributed by atoms with E-state index in [0.29, 0.717) is 17.9 Å². The second-order valence-corrected chi connectivity index (χ2v) is 5.68. The van der Waals surface area contributed by atoms with Crippen LogP contribution in [0.3, 0.4) is 0 Å². The maximum Gasteiger partial charge on any atom is 0.254 e. The summed E-state index contributed by atoms with van der Waals surface area (Å²) in [7, 11) is 1.71. The maximum absolute atomic E-state index is 12.3. The number of halogens is 1. The molecule has 0 saturated heterocycles. The zero-order valence-electron chi connectivity index (χ0n) is 11.1. The summed E-state index contributed by atoms with van der Waals surface area (Å²) in [6, 6.07) is 3.06. The lowest BCUT2D eigenvalue weighted by atomic mass is 10.2. The molecule has 2 heterocycles. The third kappa shape index (κ3) is 3.44. The van der Waals surface area contributed by atoms with Crippen molar-refractivity contribution >= 4 is 34.7 Å². The molecule has 106 valence electrons. The van der Waals surface area contributed by atoms with E-state index in [4.69, 9.17) is 17.4 Å². The molecule has 3 N–H and O–H groups in total. The van der Waals surface area contributed by atoms with Gasteiger partial charge in [-0.3, -0.25) is 4.79 Å². The largest absolute Gasteiger partial charge is 0.336 e. The second kappa shape index (κ2) is 6.17. The molecular formula is C12H14ClN5OS. The van der Waals surface area contributed by atoms with Crippen LogP contribution in [0.25, 0.3) is 0 Å². The first kappa shape index (κ1) is 14.7. The van der Waals surface area contributed by atoms with E-state index >= 15 is 0 Å². The number of aryl methyl sites for hydroxylation is 1. The van der Waals surface area contributed by atoms with E-state index in [9.17, 15) is 4.79 Å². The highest BCUT2D eigenvalue weighted by Crippen LogP contribution is 2.17. The topological polar surface area (TPSA) is 84.1 Å². The number of anilines is 1. The van der Waals surface area contributed by atoms with Crippen LogP contribution in [0.2, 0.25) is 5.15 Å². The van der Waals surface area contributed by atoms with E-state index < -0.39 is 0 Å². The number of nitrogen functional groups attached to an aromatic ring is 1. The molecule has 0 aliphatic heterocycles. The molecule has 0 atom stereocenters. The van der Waals surface area contributed by atoms with Crippen LogP contribution in [-0.4, -0.2) is 27.8 Å². The maximum atomic E-state index is 12.3. The number of carbonyl (C=O) groups is 1. The molecule has 0 unspecified atom stereocenters. The lowest BCUT2D eigenvalue weighted by Gasteiger charge is -2.16. The number of nitrogens with two attached hydrogens (primary N) is 1. The van der Waals surface area contributed by atoms with E-state index in [1.54, 1.807) is 29.4 Å². The van der Waals surface area contributed by atoms with Crippen LogP contribution in [0.1, 0.15) is 21.1 Å². The molecule has 6 nitrogen and oxygen atoms in total. The van der Waals surface area contributed by atoms with Crippen LogP contribution in [0, 0.1) is 6.92 Å². The molecule has 0 fully saturated rings. The number of pyridine rings is 1. The Hall–Kier alpha value is -1.70. The fourth-order valence-electron chi connectivity index (χ4n) is 1.71. The van der Waals surface area contributed by atoms with Gasteiger partial charge in [0.2, 0.25) is 0 Å². The molecule has 0 spiro atoms. The van der Waals surface area contributed by atoms with E-state index in [0.717, 1.165) is 10.7 Å². The first-order chi connectivity index (χ1) is 9.49. The Labute approximate surface area is 125 Å². The van der Waals surface area contributed by atoms with E-state index in [2.05, 4.69) is 15.4 Å². The zero-order valence-corrected chi connectivity index (χ0v) is 12.6. The Morgan fingerprint density at radius 1 is 1.50 bits per heavy atom. The lowest BCUT2D eigenvalue weighted by Crippen LogP contribution is -2.26. The predicted octanol–water partition coefficient (Wildman–Crippen LogP) is 2.06. The van der Waals surface area contributed by atoms with Crippen molar-refractivity contribution < 1.29 is 4.79 Å². The molecule has 2 rings (SSSR count). The minimum Gasteiger partial charge on any atom is -0.336 e. The number of thiazole rings is 1. The summed E-state index contributed by atoms with van der Waals surface area (Å²) in [6.45, 7) is 2.37. The number of hydrogen-bond acceptors (Lipinski definition) is 6. The summed E-state index contributed by atoms with van der Waals surface area (Å²) >= 11 is 7.41. The van der Waals surface area contributed by atoms with E-state index in [-0.39, 0.29) is 11.1 Å². The summed E-state index contributed by atoms with van der Waals surface area (Å²) in [4.78, 5) is 22.2. The summed E-state index contributed by atoms with van der Waals surface area (Å²) in [6.07, 6.45) is 0. The van der Waals surface area contributed by atoms with Gasteiger partial charge in [0, 0.05) is 18.0 Å². The number of nitrogens with zero attached hydrogens (tertiary/aromatic N) is 3. The van der Waals surface area contributed by atoms with Crippen molar-refractivity contribution in [2.45, 2.75) is 13.5 Å². The molecule has 0 radical (unpaired) electrons. The van der Waals surface area contributed by atoms with Gasteiger partial charge in [-0.2, -0.15) is 0 Å². The molecule has 0 aromatic carbocycles. The number of carbonyl (C=O) groups excluding carboxylic acids is 1. The standard InChI is InChI=1S/C12H14ClN5OS/c1-7-15-9(6-20-7)5-18(2)12(19)8-3-10(13)16-11(4-8)17-14/h3-4,6H,5,14H2,1-2H3,(H,16,17). The second-order valence-electron chi connectivity index (χ2n) is 4.23. The Morgan fingerprint density at radius 3 is 2.85 bits per heavy atom. The Balaban J connectivity index is 2.15. The van der Waals surface area contributed by atoms with Gasteiger partial charge >= 0.3 is 0 Å². The Bertz CT molecular complexity index is 630. The molecule has 0 aliphatic carbocycles. The summed E-state index contributed by atoms with van der Waals surface area (Å²) in [5, 5.41) is 3.12. The third-order valence-electron chi connectivity index (χ3n) is 2.60. The quantitative estimate of drug-likeness (QED) is 0.513. The molecule has 2 aromatic heterocycles. The van der Waals surface area contributed by atoms with Crippen LogP contribution < -0.4 is 11.3 Å². The fraction of sp³-hybridized carbons (Fsp3) is 0.250. The number of nitrogens with one attached hydrogen (secondary N) is 1. The van der Waals surface area contributed by atoms with Crippen molar-refractivity contribution in [3.05, 3.63) is 38.9 Å². The first-order valence-corrected chi connectivity index (χ1v) is 7.06. The summed E-state index contributed by atoms with van der Waals surface area (Å²) < 4.78 is 0. The van der Waals surface area contributed by atoms with Crippen molar-refractivity contribution in [3.8, 4) is 0 Å². The van der Waals surface area contributed by atoms with Crippen molar-refractivity contribution in [2.75, 3.05) is 12.5 Å². The zero-order chi connectivity index (χ0) is 14.7. The van der Waals surface area contributed by atoms with Gasteiger partial charge in [-0.25, -0.2) is 15.8 Å². The van der Waals surface area contributed by atoms with Gasteiger partial charge in [0.05, 0.1) is 17.2 Å². The minimum atomic E-state index is -0.170. The minimum absolute atomic E-state index is 0.170. The van der Waals surface area contributed by atoms with Crippen LogP contribution in [0.15, 0.2) is 17.5 Å². The van der Waals surface area contributed by atoms with Gasteiger partial charge in [0.15, 0.2) is 0 Å². The van der Waals surface area contributed by atoms with E-state index in [1.807, 2.05) is 12.3 Å². The van der Waals surface area contributed by atoms with Crippen LogP contribution >= 0.6 is 22.9 Å². The van der Waals surface area contributed by atoms with E-state index in [1.165, 1.54) is 6.07 Å². The van der Waals surface area contributed by atoms with Crippen LogP contribution in [0.4, 0.5) is 5.82 Å². The van der Waals surface area contributed by atoms with Crippen molar-refractivity contribution in [1.29, 1.82) is 0 Å². The first-order valence-electron chi connectivity index (χ1n) is 5.80. The molecule has 1 amide bonds. The number of hydrazine groups is 1. The number of hydrogen-bond donors (Lipinski definition) is 2. The van der Waals surface area contributed by atoms with Gasteiger partial charge < -0.3 is 10.3 Å². The molecule has 20 heavy (non-hydrogen) atoms. The number of rotatable bonds is 4. The molecule has 0 saturated carbocycles. The Kier molecular flexibility index (Phi) is 4.53. The average Bonchev–Trinajstić information content (AvgIpc) is 2.82. The smallest absolute Gasteiger partial charge is 0.254 e. The molecule has 8 heteroatoms. The van der Waals surface area contributed by atoms with Crippen molar-refractivity contribution in [1.82, 2.24) is 14.9 Å². The normalized spacial score (nSPS) is 10.4. The predicted molar refractivity (Wildman–Crippen MR) is 79.7 cm³/mol. The lowest BCUT2D eigenvalue weighted by molar-refractivity contribution is 0.0783. The highest BCUT2D eigenvalue weighted by molar-refractivity contribution is 7.09. The molecule has 0 bridgehead atoms. The Morgan fingerprint density at radius 2 is 2.25 bits per heavy atom. The van der Waals surface area contributed by atoms with Gasteiger partial charge in [-0.1, -0.05) is 11.6 Å². The van der Waals surface area contributed by atoms with Gasteiger partial charge in [0.25, 0.3) is 5.91 Å². The highest BCUT2D eigenvalue weighted by Gasteiger charge is 2.15. The van der Waals surface area contributed by atoms with Gasteiger partial charge in [-0.15, -0.1) is 11.3 Å². The van der Waals surface area contributed by atoms with Crippen LogP contribution in [0.5, 0.6) is 0 Å². The summed E-state index contributed by atoms with van der Waals surface area (Å²) in [5.74, 6) is 5.46. The molecular weight excluding hydrogens is 298 g/mol. The van der Waals surface area contributed by atoms with Crippen molar-refractivity contribution in [2.24, 2.45) is 5.84 Å². The van der Waals surface area contributed by atoms with Crippen LogP contribution in [-0.2, 0) is 6.54 Å². The summed E-state index contributed by atoms with van der Waals surface area (Å²) in [5.41, 5.74) is 3.66. The van der Waals surface area contributed by atoms with Gasteiger partial charge in [0.1, 0.15) is 11.0 Å². The van der Waals surface area contributed by atoms with Gasteiger partial charge in [-0.05, 0) is 19.1 Å². The molecule has 2 aromatic rings. The highest BCUT2D eigenvalue weighted by atomic mass is 35.5. The third-order valence-corrected chi connectivity index (χ3v) is 3.62. The van der Waals surface area contributed by atoms with Crippen molar-refractivity contribution in [3.63, 3.8) is 0 Å². The monoisotopic (exact) mass is 311 g/mol. The SMILES string of the molecule is Cc1nc(CN(C)C(=O)c2cc(Cl)nc(NN)c2)cs1. The fourth-order valence-corrected chi connectivity index (χ4v) is 2.52. The molecule has 0 aliphatic rings. The number of aromatic nitrogens is 2. The average molecular weight is 312 g/mol.